The van der Waals surface area contributed by atoms with Crippen LogP contribution < -0.4 is 10.6 Å². The lowest BCUT2D eigenvalue weighted by molar-refractivity contribution is -0.137. The third kappa shape index (κ3) is 6.63. The summed E-state index contributed by atoms with van der Waals surface area (Å²) in [6.45, 7) is 5.74. The largest absolute Gasteiger partial charge is 0.352 e. The zero-order valence-corrected chi connectivity index (χ0v) is 13.9. The summed E-state index contributed by atoms with van der Waals surface area (Å²) < 4.78 is 0. The van der Waals surface area contributed by atoms with E-state index < -0.39 is 6.04 Å². The van der Waals surface area contributed by atoms with E-state index in [4.69, 9.17) is 0 Å². The lowest BCUT2D eigenvalue weighted by Gasteiger charge is -2.16. The van der Waals surface area contributed by atoms with Crippen LogP contribution in [0.1, 0.15) is 46.5 Å². The molecular formula is C16H25N3O4. The molecule has 1 atom stereocenters. The minimum Gasteiger partial charge on any atom is -0.352 e. The molecule has 2 N–H and O–H groups in total. The second-order valence-electron chi connectivity index (χ2n) is 5.92. The molecule has 23 heavy (non-hydrogen) atoms. The van der Waals surface area contributed by atoms with Gasteiger partial charge in [0, 0.05) is 31.2 Å². The van der Waals surface area contributed by atoms with Crippen LogP contribution in [-0.4, -0.2) is 47.2 Å². The van der Waals surface area contributed by atoms with Crippen LogP contribution >= 0.6 is 0 Å². The summed E-state index contributed by atoms with van der Waals surface area (Å²) in [4.78, 5) is 47.3. The maximum absolute atomic E-state index is 11.7. The smallest absolute Gasteiger partial charge is 0.253 e. The Morgan fingerprint density at radius 2 is 1.61 bits per heavy atom. The van der Waals surface area contributed by atoms with Gasteiger partial charge in [0.05, 0.1) is 0 Å². The predicted octanol–water partition coefficient (Wildman–Crippen LogP) is 0.501. The second kappa shape index (κ2) is 9.07. The highest BCUT2D eigenvalue weighted by Gasteiger charge is 2.22. The van der Waals surface area contributed by atoms with Gasteiger partial charge in [-0.15, -0.1) is 0 Å². The van der Waals surface area contributed by atoms with E-state index in [0.29, 0.717) is 25.8 Å². The van der Waals surface area contributed by atoms with E-state index in [1.54, 1.807) is 6.92 Å². The van der Waals surface area contributed by atoms with Gasteiger partial charge in [-0.3, -0.25) is 24.1 Å². The van der Waals surface area contributed by atoms with E-state index >= 15 is 0 Å². The number of carbonyl (C=O) groups excluding carboxylic acids is 4. The highest BCUT2D eigenvalue weighted by molar-refractivity contribution is 6.12. The average molecular weight is 323 g/mol. The van der Waals surface area contributed by atoms with Crippen LogP contribution in [0.3, 0.4) is 0 Å². The molecule has 0 aliphatic carbocycles. The lowest BCUT2D eigenvalue weighted by Crippen LogP contribution is -2.46. The first kappa shape index (κ1) is 18.9. The van der Waals surface area contributed by atoms with Crippen molar-refractivity contribution < 1.29 is 19.2 Å². The van der Waals surface area contributed by atoms with Gasteiger partial charge < -0.3 is 10.6 Å². The number of unbranched alkanes of at least 4 members (excludes halogenated alkanes) is 2. The zero-order valence-electron chi connectivity index (χ0n) is 13.9. The SMILES string of the molecule is CC(C)NC(=O)C(C)NC(=O)CCCCCN1C(=O)C=CC1=O. The third-order valence-electron chi connectivity index (χ3n) is 3.39. The van der Waals surface area contributed by atoms with E-state index in [-0.39, 0.29) is 29.7 Å². The Balaban J connectivity index is 2.13. The van der Waals surface area contributed by atoms with Crippen LogP contribution in [0.5, 0.6) is 0 Å². The molecule has 0 saturated heterocycles. The number of amides is 4. The molecule has 0 saturated carbocycles. The summed E-state index contributed by atoms with van der Waals surface area (Å²) in [5.74, 6) is -0.936. The number of imide groups is 1. The van der Waals surface area contributed by atoms with Crippen molar-refractivity contribution in [2.75, 3.05) is 6.54 Å². The molecule has 128 valence electrons. The first-order valence-corrected chi connectivity index (χ1v) is 7.94. The molecule has 0 bridgehead atoms. The summed E-state index contributed by atoms with van der Waals surface area (Å²) in [6.07, 6.45) is 4.89. The van der Waals surface area contributed by atoms with Gasteiger partial charge in [0.1, 0.15) is 6.04 Å². The van der Waals surface area contributed by atoms with Gasteiger partial charge in [-0.25, -0.2) is 0 Å². The number of carbonyl (C=O) groups is 4. The fourth-order valence-corrected chi connectivity index (χ4v) is 2.17. The fourth-order valence-electron chi connectivity index (χ4n) is 2.17. The molecule has 1 heterocycles. The molecule has 1 unspecified atom stereocenters. The molecule has 1 aliphatic rings. The van der Waals surface area contributed by atoms with Gasteiger partial charge >= 0.3 is 0 Å². The number of nitrogens with zero attached hydrogens (tertiary/aromatic N) is 1. The molecule has 0 aromatic carbocycles. The number of hydrogen-bond acceptors (Lipinski definition) is 4. The second-order valence-corrected chi connectivity index (χ2v) is 5.92. The number of hydrogen-bond donors (Lipinski definition) is 2. The Hall–Kier alpha value is -2.18. The van der Waals surface area contributed by atoms with Crippen molar-refractivity contribution in [3.8, 4) is 0 Å². The molecule has 1 aliphatic heterocycles. The molecule has 7 nitrogen and oxygen atoms in total. The van der Waals surface area contributed by atoms with Crippen LogP contribution in [0.4, 0.5) is 0 Å². The summed E-state index contributed by atoms with van der Waals surface area (Å²) >= 11 is 0. The maximum Gasteiger partial charge on any atom is 0.253 e. The summed E-state index contributed by atoms with van der Waals surface area (Å²) in [5, 5.41) is 5.39. The monoisotopic (exact) mass is 323 g/mol. The van der Waals surface area contributed by atoms with Crippen LogP contribution in [0, 0.1) is 0 Å². The Labute approximate surface area is 136 Å². The zero-order chi connectivity index (χ0) is 17.4. The van der Waals surface area contributed by atoms with Crippen molar-refractivity contribution in [2.45, 2.75) is 58.5 Å². The van der Waals surface area contributed by atoms with Crippen molar-refractivity contribution in [1.29, 1.82) is 0 Å². The van der Waals surface area contributed by atoms with E-state index in [2.05, 4.69) is 10.6 Å². The van der Waals surface area contributed by atoms with Crippen LogP contribution in [0.25, 0.3) is 0 Å². The fraction of sp³-hybridized carbons (Fsp3) is 0.625. The maximum atomic E-state index is 11.7. The predicted molar refractivity (Wildman–Crippen MR) is 85.2 cm³/mol. The molecular weight excluding hydrogens is 298 g/mol. The topological polar surface area (TPSA) is 95.6 Å². The third-order valence-corrected chi connectivity index (χ3v) is 3.39. The van der Waals surface area contributed by atoms with Crippen LogP contribution in [-0.2, 0) is 19.2 Å². The Kier molecular flexibility index (Phi) is 7.44. The number of nitrogens with one attached hydrogen (secondary N) is 2. The molecule has 4 amide bonds. The molecule has 0 fully saturated rings. The van der Waals surface area contributed by atoms with Crippen LogP contribution in [0.2, 0.25) is 0 Å². The summed E-state index contributed by atoms with van der Waals surface area (Å²) in [6, 6.07) is -0.525. The molecule has 0 spiro atoms. The van der Waals surface area contributed by atoms with Crippen molar-refractivity contribution in [3.05, 3.63) is 12.2 Å². The molecule has 7 heteroatoms. The van der Waals surface area contributed by atoms with Crippen LogP contribution in [0.15, 0.2) is 12.2 Å². The minimum atomic E-state index is -0.559. The highest BCUT2D eigenvalue weighted by Crippen LogP contribution is 2.07. The quantitative estimate of drug-likeness (QED) is 0.477. The van der Waals surface area contributed by atoms with Gasteiger partial charge in [0.25, 0.3) is 11.8 Å². The van der Waals surface area contributed by atoms with E-state index in [9.17, 15) is 19.2 Å². The highest BCUT2D eigenvalue weighted by atomic mass is 16.2. The Morgan fingerprint density at radius 3 is 2.17 bits per heavy atom. The minimum absolute atomic E-state index is 0.0346. The summed E-state index contributed by atoms with van der Waals surface area (Å²) in [5.41, 5.74) is 0. The molecule has 0 aromatic heterocycles. The molecule has 0 aromatic rings. The Bertz CT molecular complexity index is 482. The van der Waals surface area contributed by atoms with Gasteiger partial charge in [-0.2, -0.15) is 0 Å². The van der Waals surface area contributed by atoms with Gasteiger partial charge in [0.15, 0.2) is 0 Å². The van der Waals surface area contributed by atoms with E-state index in [1.807, 2.05) is 13.8 Å². The van der Waals surface area contributed by atoms with Gasteiger partial charge in [-0.1, -0.05) is 6.42 Å². The van der Waals surface area contributed by atoms with E-state index in [1.165, 1.54) is 17.1 Å². The van der Waals surface area contributed by atoms with Crippen molar-refractivity contribution in [1.82, 2.24) is 15.5 Å². The lowest BCUT2D eigenvalue weighted by atomic mass is 10.1. The first-order valence-electron chi connectivity index (χ1n) is 7.94. The normalized spacial score (nSPS) is 15.2. The van der Waals surface area contributed by atoms with Crippen molar-refractivity contribution in [2.24, 2.45) is 0 Å². The molecule has 0 radical (unpaired) electrons. The van der Waals surface area contributed by atoms with E-state index in [0.717, 1.165) is 6.42 Å². The standard InChI is InChI=1S/C16H25N3O4/c1-11(2)17-16(23)12(3)18-13(20)7-5-4-6-10-19-14(21)8-9-15(19)22/h8-9,11-12H,4-7,10H2,1-3H3,(H,17,23)(H,18,20). The summed E-state index contributed by atoms with van der Waals surface area (Å²) in [7, 11) is 0. The first-order chi connectivity index (χ1) is 10.8. The van der Waals surface area contributed by atoms with Gasteiger partial charge in [0.2, 0.25) is 11.8 Å². The molecule has 1 rings (SSSR count). The van der Waals surface area contributed by atoms with Crippen molar-refractivity contribution >= 4 is 23.6 Å². The average Bonchev–Trinajstić information content (AvgIpc) is 2.77. The van der Waals surface area contributed by atoms with Crippen molar-refractivity contribution in [3.63, 3.8) is 0 Å². The number of rotatable bonds is 9. The Morgan fingerprint density at radius 1 is 1.00 bits per heavy atom. The van der Waals surface area contributed by atoms with Gasteiger partial charge in [-0.05, 0) is 33.6 Å².